The summed E-state index contributed by atoms with van der Waals surface area (Å²) in [4.78, 5) is 3.98. The molecule has 0 bridgehead atoms. The molecule has 0 atom stereocenters. The summed E-state index contributed by atoms with van der Waals surface area (Å²) in [5.74, 6) is -0.0169. The van der Waals surface area contributed by atoms with Crippen LogP contribution in [-0.2, 0) is 20.0 Å². The molecule has 0 saturated heterocycles. The Morgan fingerprint density at radius 1 is 1.30 bits per heavy atom. The molecule has 0 spiro atoms. The van der Waals surface area contributed by atoms with Gasteiger partial charge >= 0.3 is 0 Å². The summed E-state index contributed by atoms with van der Waals surface area (Å²) in [5.41, 5.74) is 0. The molecule has 0 unspecified atom stereocenters. The van der Waals surface area contributed by atoms with E-state index in [4.69, 9.17) is 5.14 Å². The highest BCUT2D eigenvalue weighted by atomic mass is 32.2. The van der Waals surface area contributed by atoms with Crippen LogP contribution in [0.5, 0.6) is 0 Å². The van der Waals surface area contributed by atoms with Crippen LogP contribution in [0.15, 0.2) is 23.2 Å². The molecule has 1 aromatic rings. The summed E-state index contributed by atoms with van der Waals surface area (Å²) in [5, 5.41) is 7.69. The van der Waals surface area contributed by atoms with Crippen LogP contribution in [0.3, 0.4) is 0 Å². The van der Waals surface area contributed by atoms with Gasteiger partial charge in [-0.2, -0.15) is 0 Å². The minimum atomic E-state index is -3.74. The maximum atomic E-state index is 12.1. The molecule has 8 nitrogen and oxygen atoms in total. The third kappa shape index (κ3) is 5.41. The van der Waals surface area contributed by atoms with Gasteiger partial charge < -0.3 is 5.32 Å². The minimum Gasteiger partial charge on any atom is -0.369 e. The van der Waals surface area contributed by atoms with Gasteiger partial charge in [-0.3, -0.25) is 0 Å². The second-order valence-corrected chi connectivity index (χ2v) is 7.47. The van der Waals surface area contributed by atoms with Crippen LogP contribution in [0.2, 0.25) is 0 Å². The SMILES string of the molecule is CCNc1ncccc1S(=O)(=O)NCCCS(N)(=O)=O. The van der Waals surface area contributed by atoms with Crippen molar-refractivity contribution in [2.75, 3.05) is 24.2 Å². The molecule has 1 heterocycles. The first-order chi connectivity index (χ1) is 9.26. The predicted molar refractivity (Wildman–Crippen MR) is 76.2 cm³/mol. The Kier molecular flexibility index (Phi) is 5.87. The summed E-state index contributed by atoms with van der Waals surface area (Å²) in [6, 6.07) is 2.94. The van der Waals surface area contributed by atoms with Crippen molar-refractivity contribution in [2.24, 2.45) is 5.14 Å². The van der Waals surface area contributed by atoms with Gasteiger partial charge in [0.1, 0.15) is 10.7 Å². The maximum absolute atomic E-state index is 12.1. The van der Waals surface area contributed by atoms with E-state index in [1.807, 2.05) is 6.92 Å². The van der Waals surface area contributed by atoms with Crippen LogP contribution in [0.1, 0.15) is 13.3 Å². The maximum Gasteiger partial charge on any atom is 0.244 e. The van der Waals surface area contributed by atoms with Crippen molar-refractivity contribution in [2.45, 2.75) is 18.2 Å². The molecular weight excluding hydrogens is 304 g/mol. The van der Waals surface area contributed by atoms with Crippen LogP contribution in [0.25, 0.3) is 0 Å². The normalized spacial score (nSPS) is 12.3. The van der Waals surface area contributed by atoms with Crippen molar-refractivity contribution in [3.05, 3.63) is 18.3 Å². The molecule has 0 saturated carbocycles. The fourth-order valence-corrected chi connectivity index (χ4v) is 3.22. The minimum absolute atomic E-state index is 0.0147. The van der Waals surface area contributed by atoms with Crippen molar-refractivity contribution in [1.82, 2.24) is 9.71 Å². The van der Waals surface area contributed by atoms with Gasteiger partial charge in [-0.1, -0.05) is 0 Å². The Bertz CT molecular complexity index is 643. The quantitative estimate of drug-likeness (QED) is 0.551. The van der Waals surface area contributed by atoms with Gasteiger partial charge in [0.25, 0.3) is 0 Å². The Morgan fingerprint density at radius 3 is 2.60 bits per heavy atom. The average Bonchev–Trinajstić information content (AvgIpc) is 2.35. The molecule has 0 aliphatic heterocycles. The zero-order valence-corrected chi connectivity index (χ0v) is 12.7. The largest absolute Gasteiger partial charge is 0.369 e. The molecule has 10 heteroatoms. The molecule has 4 N–H and O–H groups in total. The predicted octanol–water partition coefficient (Wildman–Crippen LogP) is -0.530. The lowest BCUT2D eigenvalue weighted by molar-refractivity contribution is 0.576. The average molecular weight is 322 g/mol. The molecule has 0 aliphatic rings. The molecule has 0 aromatic carbocycles. The number of nitrogens with one attached hydrogen (secondary N) is 2. The van der Waals surface area contributed by atoms with Crippen LogP contribution in [0, 0.1) is 0 Å². The Hall–Kier alpha value is -1.23. The number of nitrogens with two attached hydrogens (primary N) is 1. The van der Waals surface area contributed by atoms with Crippen LogP contribution in [0.4, 0.5) is 5.82 Å². The molecule has 1 aromatic heterocycles. The lowest BCUT2D eigenvalue weighted by atomic mass is 10.4. The van der Waals surface area contributed by atoms with Crippen molar-refractivity contribution >= 4 is 25.9 Å². The highest BCUT2D eigenvalue weighted by Gasteiger charge is 2.18. The van der Waals surface area contributed by atoms with E-state index < -0.39 is 20.0 Å². The zero-order valence-electron chi connectivity index (χ0n) is 11.0. The smallest absolute Gasteiger partial charge is 0.244 e. The molecule has 0 amide bonds. The van der Waals surface area contributed by atoms with Crippen molar-refractivity contribution in [3.8, 4) is 0 Å². The fourth-order valence-electron chi connectivity index (χ4n) is 1.47. The van der Waals surface area contributed by atoms with Gasteiger partial charge in [0, 0.05) is 19.3 Å². The highest BCUT2D eigenvalue weighted by Crippen LogP contribution is 2.17. The standard InChI is InChI=1S/C10H18N4O4S2/c1-2-12-10-9(5-3-6-13-10)20(17,18)14-7-4-8-19(11,15)16/h3,5-6,14H,2,4,7-8H2,1H3,(H,12,13)(H2,11,15,16). The van der Waals surface area contributed by atoms with E-state index in [9.17, 15) is 16.8 Å². The second-order valence-electron chi connectivity index (χ2n) is 4.00. The molecule has 0 radical (unpaired) electrons. The van der Waals surface area contributed by atoms with E-state index in [0.29, 0.717) is 6.54 Å². The van der Waals surface area contributed by atoms with Gasteiger partial charge in [-0.15, -0.1) is 0 Å². The number of aromatic nitrogens is 1. The number of hydrogen-bond donors (Lipinski definition) is 3. The molecule has 0 aliphatic carbocycles. The number of hydrogen-bond acceptors (Lipinski definition) is 6. The third-order valence-corrected chi connectivity index (χ3v) is 4.65. The first-order valence-electron chi connectivity index (χ1n) is 5.95. The molecule has 0 fully saturated rings. The van der Waals surface area contributed by atoms with Crippen LogP contribution < -0.4 is 15.2 Å². The first-order valence-corrected chi connectivity index (χ1v) is 9.15. The van der Waals surface area contributed by atoms with Crippen molar-refractivity contribution in [3.63, 3.8) is 0 Å². The number of nitrogens with zero attached hydrogens (tertiary/aromatic N) is 1. The van der Waals surface area contributed by atoms with Crippen molar-refractivity contribution < 1.29 is 16.8 Å². The Labute approximate surface area is 118 Å². The van der Waals surface area contributed by atoms with Crippen molar-refractivity contribution in [1.29, 1.82) is 0 Å². The molecule has 20 heavy (non-hydrogen) atoms. The van der Waals surface area contributed by atoms with E-state index in [1.165, 1.54) is 18.3 Å². The van der Waals surface area contributed by atoms with E-state index in [-0.39, 0.29) is 29.4 Å². The van der Waals surface area contributed by atoms with Gasteiger partial charge in [0.15, 0.2) is 0 Å². The lowest BCUT2D eigenvalue weighted by Crippen LogP contribution is -2.28. The van der Waals surface area contributed by atoms with Gasteiger partial charge in [0.2, 0.25) is 20.0 Å². The molecule has 1 rings (SSSR count). The summed E-state index contributed by atoms with van der Waals surface area (Å²) < 4.78 is 48.0. The monoisotopic (exact) mass is 322 g/mol. The van der Waals surface area contributed by atoms with Gasteiger partial charge in [0.05, 0.1) is 5.75 Å². The Morgan fingerprint density at radius 2 is 2.00 bits per heavy atom. The van der Waals surface area contributed by atoms with E-state index in [2.05, 4.69) is 15.0 Å². The van der Waals surface area contributed by atoms with E-state index in [1.54, 1.807) is 0 Å². The highest BCUT2D eigenvalue weighted by molar-refractivity contribution is 7.89. The molecule has 114 valence electrons. The van der Waals surface area contributed by atoms with Crippen LogP contribution in [-0.4, -0.2) is 40.7 Å². The number of pyridine rings is 1. The van der Waals surface area contributed by atoms with Gasteiger partial charge in [-0.05, 0) is 25.5 Å². The summed E-state index contributed by atoms with van der Waals surface area (Å²) in [6.07, 6.45) is 1.59. The second kappa shape index (κ2) is 6.97. The zero-order chi connectivity index (χ0) is 15.2. The van der Waals surface area contributed by atoms with E-state index >= 15 is 0 Å². The first kappa shape index (κ1) is 16.8. The summed E-state index contributed by atoms with van der Waals surface area (Å²) >= 11 is 0. The topological polar surface area (TPSA) is 131 Å². The number of sulfonamides is 2. The summed E-state index contributed by atoms with van der Waals surface area (Å²) in [6.45, 7) is 2.34. The summed E-state index contributed by atoms with van der Waals surface area (Å²) in [7, 11) is -7.32. The lowest BCUT2D eigenvalue weighted by Gasteiger charge is -2.10. The fraction of sp³-hybridized carbons (Fsp3) is 0.500. The van der Waals surface area contributed by atoms with Gasteiger partial charge in [-0.25, -0.2) is 31.7 Å². The number of anilines is 1. The number of rotatable bonds is 8. The van der Waals surface area contributed by atoms with Crippen LogP contribution >= 0.6 is 0 Å². The molecular formula is C10H18N4O4S2. The Balaban J connectivity index is 2.74. The third-order valence-electron chi connectivity index (χ3n) is 2.30. The van der Waals surface area contributed by atoms with E-state index in [0.717, 1.165) is 0 Å². The number of primary sulfonamides is 1.